The molecule has 1 heterocycles. The summed E-state index contributed by atoms with van der Waals surface area (Å²) in [6, 6.07) is 0. The summed E-state index contributed by atoms with van der Waals surface area (Å²) in [4.78, 5) is 0. The van der Waals surface area contributed by atoms with Crippen LogP contribution in [0, 0.1) is 11.8 Å². The van der Waals surface area contributed by atoms with Crippen molar-refractivity contribution in [1.82, 2.24) is 0 Å². The number of ether oxygens (including phenoxy) is 1. The minimum absolute atomic E-state index is 0.469. The average Bonchev–Trinajstić information content (AvgIpc) is 2.91. The molecule has 0 bridgehead atoms. The second-order valence-corrected chi connectivity index (χ2v) is 12.8. The third kappa shape index (κ3) is 2.38. The highest BCUT2D eigenvalue weighted by Crippen LogP contribution is 2.49. The van der Waals surface area contributed by atoms with Gasteiger partial charge in [-0.3, -0.25) is 0 Å². The van der Waals surface area contributed by atoms with E-state index in [4.69, 9.17) is 4.74 Å². The molecule has 0 aromatic heterocycles. The Morgan fingerprint density at radius 1 is 1.11 bits per heavy atom. The van der Waals surface area contributed by atoms with Gasteiger partial charge < -0.3 is 4.74 Å². The lowest BCUT2D eigenvalue weighted by atomic mass is 9.78. The largest absolute Gasteiger partial charge is 0.373 e. The summed E-state index contributed by atoms with van der Waals surface area (Å²) in [5.74, 6) is 1.39. The second kappa shape index (κ2) is 4.89. The van der Waals surface area contributed by atoms with Crippen molar-refractivity contribution in [3.05, 3.63) is 22.9 Å². The molecule has 3 aliphatic rings. The lowest BCUT2D eigenvalue weighted by Gasteiger charge is -2.30. The van der Waals surface area contributed by atoms with E-state index in [9.17, 15) is 0 Å². The first-order valence-electron chi connectivity index (χ1n) is 8.00. The number of fused-ring (bicyclic) bond motifs is 1. The molecule has 106 valence electrons. The number of rotatable bonds is 2. The van der Waals surface area contributed by atoms with Crippen LogP contribution >= 0.6 is 0 Å². The zero-order chi connectivity index (χ0) is 13.6. The molecule has 2 aliphatic carbocycles. The maximum Gasteiger partial charge on any atom is 0.0729 e. The van der Waals surface area contributed by atoms with E-state index < -0.39 is 8.07 Å². The third-order valence-corrected chi connectivity index (χ3v) is 7.69. The molecule has 0 aromatic rings. The molecular weight excluding hydrogens is 248 g/mol. The normalized spacial score (nSPS) is 33.1. The molecule has 1 saturated carbocycles. The predicted octanol–water partition coefficient (Wildman–Crippen LogP) is 4.72. The van der Waals surface area contributed by atoms with Crippen LogP contribution in [0.5, 0.6) is 0 Å². The summed E-state index contributed by atoms with van der Waals surface area (Å²) in [5, 5.41) is 1.75. The van der Waals surface area contributed by atoms with E-state index in [1.54, 1.807) is 10.8 Å². The van der Waals surface area contributed by atoms with Gasteiger partial charge in [0.1, 0.15) is 0 Å². The fraction of sp³-hybridized carbons (Fsp3) is 0.765. The van der Waals surface area contributed by atoms with Gasteiger partial charge >= 0.3 is 0 Å². The van der Waals surface area contributed by atoms with Gasteiger partial charge in [-0.05, 0) is 30.8 Å². The first-order chi connectivity index (χ1) is 8.98. The van der Waals surface area contributed by atoms with E-state index in [0.717, 1.165) is 12.5 Å². The van der Waals surface area contributed by atoms with Gasteiger partial charge in [0.05, 0.1) is 20.8 Å². The van der Waals surface area contributed by atoms with Gasteiger partial charge in [-0.25, -0.2) is 0 Å². The maximum absolute atomic E-state index is 6.26. The fourth-order valence-corrected chi connectivity index (χ4v) is 6.34. The molecule has 0 radical (unpaired) electrons. The predicted molar refractivity (Wildman–Crippen MR) is 83.9 cm³/mol. The van der Waals surface area contributed by atoms with Gasteiger partial charge in [0.2, 0.25) is 0 Å². The summed E-state index contributed by atoms with van der Waals surface area (Å²) < 4.78 is 6.26. The Bertz CT molecular complexity index is 409. The molecule has 3 rings (SSSR count). The van der Waals surface area contributed by atoms with E-state index in [-0.39, 0.29) is 0 Å². The third-order valence-electron chi connectivity index (χ3n) is 5.39. The van der Waals surface area contributed by atoms with Gasteiger partial charge in [-0.2, -0.15) is 0 Å². The van der Waals surface area contributed by atoms with Gasteiger partial charge in [0, 0.05) is 5.92 Å². The Morgan fingerprint density at radius 3 is 2.42 bits per heavy atom. The summed E-state index contributed by atoms with van der Waals surface area (Å²) in [6.07, 6.45) is 8.65. The smallest absolute Gasteiger partial charge is 0.0729 e. The number of hydrogen-bond acceptors (Lipinski definition) is 1. The van der Waals surface area contributed by atoms with E-state index in [2.05, 4.69) is 26.2 Å². The van der Waals surface area contributed by atoms with Crippen molar-refractivity contribution < 1.29 is 4.74 Å². The summed E-state index contributed by atoms with van der Waals surface area (Å²) in [5.41, 5.74) is 3.11. The Hall–Kier alpha value is -0.343. The van der Waals surface area contributed by atoms with Crippen molar-refractivity contribution in [2.45, 2.75) is 64.3 Å². The fourth-order valence-electron chi connectivity index (χ4n) is 4.39. The van der Waals surface area contributed by atoms with Crippen molar-refractivity contribution in [3.8, 4) is 0 Å². The van der Waals surface area contributed by atoms with Crippen LogP contribution in [-0.4, -0.2) is 20.8 Å². The van der Waals surface area contributed by atoms with Gasteiger partial charge in [0.25, 0.3) is 0 Å². The number of allylic oxidation sites excluding steroid dienone is 1. The summed E-state index contributed by atoms with van der Waals surface area (Å²) in [7, 11) is -1.19. The molecule has 0 N–H and O–H groups in total. The first-order valence-corrected chi connectivity index (χ1v) is 11.5. The zero-order valence-electron chi connectivity index (χ0n) is 12.8. The Kier molecular flexibility index (Phi) is 3.51. The summed E-state index contributed by atoms with van der Waals surface area (Å²) in [6.45, 7) is 12.7. The highest BCUT2D eigenvalue weighted by Gasteiger charge is 2.46. The van der Waals surface area contributed by atoms with Gasteiger partial charge in [-0.15, -0.1) is 0 Å². The Labute approximate surface area is 119 Å². The standard InChI is InChI=1S/C17H28OSi/c1-12-10-15(19(2,3)4)14-11-18-17(16(12)14)13-8-6-5-7-9-13/h13,16-17H,1,5-11H2,2-4H3/t16-,17+/m1/s1. The zero-order valence-corrected chi connectivity index (χ0v) is 13.8. The number of hydrogen-bond donors (Lipinski definition) is 0. The monoisotopic (exact) mass is 276 g/mol. The first kappa shape index (κ1) is 13.6. The molecule has 0 amide bonds. The van der Waals surface area contributed by atoms with E-state index in [1.807, 2.05) is 0 Å². The molecule has 19 heavy (non-hydrogen) atoms. The Balaban J connectivity index is 1.85. The van der Waals surface area contributed by atoms with Crippen molar-refractivity contribution in [2.75, 3.05) is 6.61 Å². The highest BCUT2D eigenvalue weighted by molar-refractivity contribution is 6.83. The van der Waals surface area contributed by atoms with Crippen molar-refractivity contribution in [3.63, 3.8) is 0 Å². The van der Waals surface area contributed by atoms with Crippen LogP contribution in [0.2, 0.25) is 19.6 Å². The van der Waals surface area contributed by atoms with Crippen LogP contribution in [-0.2, 0) is 4.74 Å². The molecule has 2 fully saturated rings. The molecule has 2 atom stereocenters. The minimum atomic E-state index is -1.19. The lowest BCUT2D eigenvalue weighted by Crippen LogP contribution is -2.28. The van der Waals surface area contributed by atoms with Crippen LogP contribution < -0.4 is 0 Å². The van der Waals surface area contributed by atoms with Crippen LogP contribution in [0.15, 0.2) is 22.9 Å². The maximum atomic E-state index is 6.26. The Morgan fingerprint density at radius 2 is 1.79 bits per heavy atom. The SMILES string of the molecule is C=C1CC([Si](C)(C)C)=C2CO[C@@H](C3CCCCC3)[C@H]12. The molecule has 0 spiro atoms. The molecule has 1 aliphatic heterocycles. The van der Waals surface area contributed by atoms with E-state index in [0.29, 0.717) is 12.0 Å². The van der Waals surface area contributed by atoms with Crippen LogP contribution in [0.1, 0.15) is 38.5 Å². The molecule has 0 unspecified atom stereocenters. The van der Waals surface area contributed by atoms with Crippen molar-refractivity contribution in [2.24, 2.45) is 11.8 Å². The molecule has 1 nitrogen and oxygen atoms in total. The highest BCUT2D eigenvalue weighted by atomic mass is 28.3. The molecule has 2 heteroatoms. The van der Waals surface area contributed by atoms with Crippen LogP contribution in [0.25, 0.3) is 0 Å². The van der Waals surface area contributed by atoms with E-state index >= 15 is 0 Å². The van der Waals surface area contributed by atoms with Crippen LogP contribution in [0.4, 0.5) is 0 Å². The quantitative estimate of drug-likeness (QED) is 0.524. The van der Waals surface area contributed by atoms with Crippen molar-refractivity contribution >= 4 is 8.07 Å². The average molecular weight is 276 g/mol. The second-order valence-electron chi connectivity index (χ2n) is 7.74. The molecule has 0 aromatic carbocycles. The molecular formula is C17H28OSi. The van der Waals surface area contributed by atoms with Gasteiger partial charge in [0.15, 0.2) is 0 Å². The molecule has 1 saturated heterocycles. The summed E-state index contributed by atoms with van der Waals surface area (Å²) >= 11 is 0. The van der Waals surface area contributed by atoms with Crippen molar-refractivity contribution in [1.29, 1.82) is 0 Å². The van der Waals surface area contributed by atoms with E-state index in [1.165, 1.54) is 44.1 Å². The van der Waals surface area contributed by atoms with Crippen LogP contribution in [0.3, 0.4) is 0 Å². The minimum Gasteiger partial charge on any atom is -0.373 e. The topological polar surface area (TPSA) is 9.23 Å². The lowest BCUT2D eigenvalue weighted by molar-refractivity contribution is 0.0329. The van der Waals surface area contributed by atoms with Gasteiger partial charge in [-0.1, -0.05) is 56.3 Å².